The SMILES string of the molecule is CCN(CC)c1ccc(-c2nnc(SCCS(=O)(=O)c3ccc(Br)cc3)o2)cc1. The van der Waals surface area contributed by atoms with Gasteiger partial charge in [0.25, 0.3) is 5.22 Å². The fraction of sp³-hybridized carbons (Fsp3) is 0.300. The maximum absolute atomic E-state index is 12.4. The summed E-state index contributed by atoms with van der Waals surface area (Å²) in [5, 5.41) is 8.46. The van der Waals surface area contributed by atoms with Crippen LogP contribution < -0.4 is 4.90 Å². The van der Waals surface area contributed by atoms with E-state index in [0.717, 1.165) is 28.8 Å². The summed E-state index contributed by atoms with van der Waals surface area (Å²) in [7, 11) is -3.35. The van der Waals surface area contributed by atoms with E-state index in [-0.39, 0.29) is 5.75 Å². The van der Waals surface area contributed by atoms with Gasteiger partial charge >= 0.3 is 0 Å². The monoisotopic (exact) mass is 495 g/mol. The predicted molar refractivity (Wildman–Crippen MR) is 120 cm³/mol. The van der Waals surface area contributed by atoms with Crippen LogP contribution in [0.4, 0.5) is 5.69 Å². The fourth-order valence-electron chi connectivity index (χ4n) is 2.79. The van der Waals surface area contributed by atoms with Crippen molar-refractivity contribution in [2.45, 2.75) is 24.0 Å². The maximum Gasteiger partial charge on any atom is 0.276 e. The van der Waals surface area contributed by atoms with E-state index >= 15 is 0 Å². The average molecular weight is 496 g/mol. The molecule has 0 bridgehead atoms. The van der Waals surface area contributed by atoms with E-state index in [1.165, 1.54) is 11.8 Å². The molecule has 0 N–H and O–H groups in total. The molecule has 0 saturated carbocycles. The molecule has 3 rings (SSSR count). The van der Waals surface area contributed by atoms with E-state index < -0.39 is 9.84 Å². The molecule has 1 heterocycles. The van der Waals surface area contributed by atoms with Crippen molar-refractivity contribution in [1.82, 2.24) is 10.2 Å². The Hall–Kier alpha value is -1.84. The zero-order valence-corrected chi connectivity index (χ0v) is 19.4. The molecule has 0 atom stereocenters. The van der Waals surface area contributed by atoms with Crippen LogP contribution in [0.25, 0.3) is 11.5 Å². The van der Waals surface area contributed by atoms with Crippen molar-refractivity contribution in [3.8, 4) is 11.5 Å². The topological polar surface area (TPSA) is 76.3 Å². The summed E-state index contributed by atoms with van der Waals surface area (Å²) in [6.45, 7) is 6.13. The first-order valence-corrected chi connectivity index (χ1v) is 12.7. The molecule has 0 aliphatic rings. The Morgan fingerprint density at radius 1 is 1.00 bits per heavy atom. The Kier molecular flexibility index (Phi) is 7.37. The van der Waals surface area contributed by atoms with Crippen molar-refractivity contribution in [3.63, 3.8) is 0 Å². The summed E-state index contributed by atoms with van der Waals surface area (Å²) in [5.74, 6) is 0.755. The van der Waals surface area contributed by atoms with Gasteiger partial charge in [0.1, 0.15) is 0 Å². The van der Waals surface area contributed by atoms with Crippen molar-refractivity contribution in [1.29, 1.82) is 0 Å². The predicted octanol–water partition coefficient (Wildman–Crippen LogP) is 4.91. The van der Waals surface area contributed by atoms with Crippen LogP contribution in [0.3, 0.4) is 0 Å². The number of rotatable bonds is 9. The van der Waals surface area contributed by atoms with Crippen LogP contribution in [0, 0.1) is 0 Å². The Morgan fingerprint density at radius 2 is 1.66 bits per heavy atom. The second-order valence-corrected chi connectivity index (χ2v) is 10.3. The average Bonchev–Trinajstić information content (AvgIpc) is 3.18. The number of anilines is 1. The van der Waals surface area contributed by atoms with Crippen molar-refractivity contribution >= 4 is 43.2 Å². The van der Waals surface area contributed by atoms with E-state index in [9.17, 15) is 8.42 Å². The molecule has 0 amide bonds. The second-order valence-electron chi connectivity index (χ2n) is 6.21. The van der Waals surface area contributed by atoms with Crippen molar-refractivity contribution in [2.75, 3.05) is 29.5 Å². The molecule has 9 heteroatoms. The fourth-order valence-corrected chi connectivity index (χ4v) is 5.46. The Balaban J connectivity index is 1.60. The number of hydrogen-bond acceptors (Lipinski definition) is 7. The number of benzene rings is 2. The number of nitrogens with zero attached hydrogens (tertiary/aromatic N) is 3. The highest BCUT2D eigenvalue weighted by molar-refractivity contribution is 9.10. The van der Waals surface area contributed by atoms with E-state index in [0.29, 0.717) is 21.8 Å². The van der Waals surface area contributed by atoms with Crippen LogP contribution in [0.2, 0.25) is 0 Å². The first-order chi connectivity index (χ1) is 13.9. The Bertz CT molecular complexity index is 1030. The third kappa shape index (κ3) is 5.61. The van der Waals surface area contributed by atoms with Gasteiger partial charge in [0, 0.05) is 34.6 Å². The van der Waals surface area contributed by atoms with E-state index in [4.69, 9.17) is 4.42 Å². The lowest BCUT2D eigenvalue weighted by Gasteiger charge is -2.20. The summed E-state index contributed by atoms with van der Waals surface area (Å²) < 4.78 is 31.3. The summed E-state index contributed by atoms with van der Waals surface area (Å²) in [5.41, 5.74) is 1.98. The molecule has 0 spiro atoms. The number of halogens is 1. The van der Waals surface area contributed by atoms with Gasteiger partial charge in [-0.3, -0.25) is 0 Å². The highest BCUT2D eigenvalue weighted by Gasteiger charge is 2.16. The molecule has 1 aromatic heterocycles. The Labute approximate surface area is 183 Å². The van der Waals surface area contributed by atoms with Gasteiger partial charge in [-0.1, -0.05) is 27.7 Å². The molecular weight excluding hydrogens is 474 g/mol. The summed E-state index contributed by atoms with van der Waals surface area (Å²) >= 11 is 4.55. The van der Waals surface area contributed by atoms with Gasteiger partial charge in [-0.15, -0.1) is 10.2 Å². The lowest BCUT2D eigenvalue weighted by molar-refractivity contribution is 0.466. The van der Waals surface area contributed by atoms with Gasteiger partial charge in [0.2, 0.25) is 5.89 Å². The van der Waals surface area contributed by atoms with Gasteiger partial charge in [-0.25, -0.2) is 8.42 Å². The maximum atomic E-state index is 12.4. The van der Waals surface area contributed by atoms with Crippen LogP contribution in [0.15, 0.2) is 67.5 Å². The van der Waals surface area contributed by atoms with Crippen molar-refractivity contribution in [2.24, 2.45) is 0 Å². The van der Waals surface area contributed by atoms with Crippen LogP contribution in [0.1, 0.15) is 13.8 Å². The van der Waals surface area contributed by atoms with Crippen LogP contribution in [-0.2, 0) is 9.84 Å². The summed E-state index contributed by atoms with van der Waals surface area (Å²) in [6.07, 6.45) is 0. The molecule has 3 aromatic rings. The third-order valence-corrected chi connectivity index (χ3v) is 7.74. The largest absolute Gasteiger partial charge is 0.411 e. The smallest absolute Gasteiger partial charge is 0.276 e. The van der Waals surface area contributed by atoms with Gasteiger partial charge < -0.3 is 9.32 Å². The molecule has 154 valence electrons. The minimum Gasteiger partial charge on any atom is -0.411 e. The molecule has 0 fully saturated rings. The molecule has 0 saturated heterocycles. The second kappa shape index (κ2) is 9.77. The standard InChI is InChI=1S/C20H22BrN3O3S2/c1-3-24(4-2)17-9-5-15(6-10-17)19-22-23-20(27-19)28-13-14-29(25,26)18-11-7-16(21)8-12-18/h5-12H,3-4,13-14H2,1-2H3. The van der Waals surface area contributed by atoms with Crippen LogP contribution in [0.5, 0.6) is 0 Å². The van der Waals surface area contributed by atoms with E-state index in [1.54, 1.807) is 24.3 Å². The molecular formula is C20H22BrN3O3S2. The molecule has 0 aliphatic heterocycles. The van der Waals surface area contributed by atoms with Crippen LogP contribution in [-0.4, -0.2) is 43.2 Å². The zero-order valence-electron chi connectivity index (χ0n) is 16.2. The quantitative estimate of drug-likeness (QED) is 0.390. The van der Waals surface area contributed by atoms with Gasteiger partial charge in [-0.2, -0.15) is 0 Å². The van der Waals surface area contributed by atoms with Gasteiger partial charge in [0.15, 0.2) is 9.84 Å². The number of hydrogen-bond donors (Lipinski definition) is 0. The van der Waals surface area contributed by atoms with E-state index in [2.05, 4.69) is 44.9 Å². The highest BCUT2D eigenvalue weighted by atomic mass is 79.9. The molecule has 0 aliphatic carbocycles. The normalized spacial score (nSPS) is 11.6. The Morgan fingerprint density at radius 3 is 2.28 bits per heavy atom. The number of aromatic nitrogens is 2. The van der Waals surface area contributed by atoms with E-state index in [1.807, 2.05) is 24.3 Å². The first kappa shape index (κ1) is 21.9. The van der Waals surface area contributed by atoms with Gasteiger partial charge in [0.05, 0.1) is 10.6 Å². The molecule has 29 heavy (non-hydrogen) atoms. The summed E-state index contributed by atoms with van der Waals surface area (Å²) in [6, 6.07) is 14.6. The molecule has 2 aromatic carbocycles. The minimum absolute atomic E-state index is 0.00439. The van der Waals surface area contributed by atoms with Crippen molar-refractivity contribution in [3.05, 3.63) is 53.0 Å². The summed E-state index contributed by atoms with van der Waals surface area (Å²) in [4.78, 5) is 2.56. The number of thioether (sulfide) groups is 1. The van der Waals surface area contributed by atoms with Crippen LogP contribution >= 0.6 is 27.7 Å². The minimum atomic E-state index is -3.35. The van der Waals surface area contributed by atoms with Crippen molar-refractivity contribution < 1.29 is 12.8 Å². The molecule has 0 radical (unpaired) electrons. The lowest BCUT2D eigenvalue weighted by atomic mass is 10.2. The highest BCUT2D eigenvalue weighted by Crippen LogP contribution is 2.26. The lowest BCUT2D eigenvalue weighted by Crippen LogP contribution is -2.21. The molecule has 6 nitrogen and oxygen atoms in total. The van der Waals surface area contributed by atoms with Gasteiger partial charge in [-0.05, 0) is 62.4 Å². The zero-order chi connectivity index (χ0) is 20.9. The molecule has 0 unspecified atom stereocenters. The first-order valence-electron chi connectivity index (χ1n) is 9.23. The third-order valence-electron chi connectivity index (χ3n) is 4.40. The number of sulfone groups is 1.